The molecule has 1 saturated heterocycles. The second kappa shape index (κ2) is 28.0. The zero-order valence-electron chi connectivity index (χ0n) is 41.5. The van der Waals surface area contributed by atoms with Gasteiger partial charge in [0.1, 0.15) is 34.1 Å². The van der Waals surface area contributed by atoms with Crippen LogP contribution in [-0.2, 0) is 44.6 Å². The van der Waals surface area contributed by atoms with E-state index in [4.69, 9.17) is 14.2 Å². The molecule has 3 heterocycles. The number of hydrogen-bond donors (Lipinski definition) is 5. The van der Waals surface area contributed by atoms with Gasteiger partial charge in [-0.2, -0.15) is 0 Å². The first kappa shape index (κ1) is 56.5. The van der Waals surface area contributed by atoms with E-state index in [1.54, 1.807) is 12.3 Å². The molecule has 19 nitrogen and oxygen atoms in total. The number of hydrazine groups is 1. The van der Waals surface area contributed by atoms with Gasteiger partial charge in [-0.15, -0.1) is 11.3 Å². The molecular weight excluding hydrogens is 973 g/mol. The van der Waals surface area contributed by atoms with Crippen LogP contribution in [0.2, 0.25) is 0 Å². The van der Waals surface area contributed by atoms with Crippen LogP contribution in [0.15, 0.2) is 53.0 Å². The van der Waals surface area contributed by atoms with Crippen LogP contribution >= 0.6 is 32.9 Å². The van der Waals surface area contributed by atoms with Crippen molar-refractivity contribution in [3.8, 4) is 5.75 Å². The number of rotatable bonds is 23. The number of fused-ring (bicyclic) bond motifs is 1. The van der Waals surface area contributed by atoms with Crippen LogP contribution in [0, 0.1) is 11.8 Å². The number of nitrogens with one attached hydrogen (secondary N) is 4. The van der Waals surface area contributed by atoms with E-state index in [1.807, 2.05) is 64.8 Å². The van der Waals surface area contributed by atoms with E-state index in [9.17, 15) is 38.7 Å². The van der Waals surface area contributed by atoms with Gasteiger partial charge in [-0.1, -0.05) is 70.4 Å². The predicted molar refractivity (Wildman–Crippen MR) is 270 cm³/mol. The SMILES string of the molecule is CCCC(=O)OCN(C(=O)C(NC(=O)C1CCCCN1C)C(C)CC)C(CC(OC(C)=O)c1nc(C(=O)NC2Cc3ccc(O)cc3C(C(=O)NNC(=O)OCCSSc3ccccn3)C2)cs1)C(C)C. The molecule has 5 N–H and O–H groups in total. The summed E-state index contributed by atoms with van der Waals surface area (Å²) in [6, 6.07) is 7.59. The molecule has 3 aromatic rings. The number of benzene rings is 1. The summed E-state index contributed by atoms with van der Waals surface area (Å²) < 4.78 is 16.8. The number of likely N-dealkylation sites (tertiary alicyclic amines) is 1. The van der Waals surface area contributed by atoms with Crippen molar-refractivity contribution < 1.29 is 52.9 Å². The molecule has 7 atom stereocenters. The Labute approximate surface area is 427 Å². The van der Waals surface area contributed by atoms with E-state index < -0.39 is 78.7 Å². The van der Waals surface area contributed by atoms with Gasteiger partial charge < -0.3 is 34.9 Å². The lowest BCUT2D eigenvalue weighted by atomic mass is 9.79. The Balaban J connectivity index is 1.29. The van der Waals surface area contributed by atoms with Crippen molar-refractivity contribution in [3.63, 3.8) is 0 Å². The summed E-state index contributed by atoms with van der Waals surface area (Å²) >= 11 is 1.09. The van der Waals surface area contributed by atoms with Crippen LogP contribution in [0.4, 0.5) is 4.79 Å². The number of esters is 2. The molecule has 1 aromatic carbocycles. The molecule has 0 saturated carbocycles. The molecule has 71 heavy (non-hydrogen) atoms. The molecule has 1 fully saturated rings. The average molecular weight is 1040 g/mol. The number of phenolic OH excluding ortho intramolecular Hbond substituents is 1. The third kappa shape index (κ3) is 16.8. The Morgan fingerprint density at radius 2 is 1.80 bits per heavy atom. The van der Waals surface area contributed by atoms with Crippen molar-refractivity contribution in [2.24, 2.45) is 11.8 Å². The van der Waals surface area contributed by atoms with Crippen molar-refractivity contribution in [1.82, 2.24) is 41.3 Å². The molecule has 5 rings (SSSR count). The number of thiazole rings is 1. The molecule has 0 radical (unpaired) electrons. The van der Waals surface area contributed by atoms with Crippen molar-refractivity contribution in [2.45, 2.75) is 141 Å². The molecule has 1 aliphatic carbocycles. The van der Waals surface area contributed by atoms with Gasteiger partial charge in [0, 0.05) is 49.2 Å². The highest BCUT2D eigenvalue weighted by molar-refractivity contribution is 8.76. The van der Waals surface area contributed by atoms with Crippen LogP contribution in [-0.4, -0.2) is 123 Å². The number of aromatic hydroxyl groups is 1. The second-order valence-corrected chi connectivity index (χ2v) is 21.5. The van der Waals surface area contributed by atoms with Crippen molar-refractivity contribution in [2.75, 3.05) is 32.7 Å². The highest BCUT2D eigenvalue weighted by Crippen LogP contribution is 2.36. The van der Waals surface area contributed by atoms with Gasteiger partial charge in [0.2, 0.25) is 17.7 Å². The number of ether oxygens (including phenoxy) is 3. The fraction of sp³-hybridized carbons (Fsp3) is 0.571. The number of nitrogens with zero attached hydrogens (tertiary/aromatic N) is 4. The van der Waals surface area contributed by atoms with E-state index in [-0.39, 0.29) is 60.1 Å². The highest BCUT2D eigenvalue weighted by atomic mass is 33.1. The molecule has 1 aliphatic heterocycles. The Morgan fingerprint density at radius 1 is 1.01 bits per heavy atom. The quantitative estimate of drug-likeness (QED) is 0.0171. The number of phenols is 1. The minimum absolute atomic E-state index is 0.0179. The van der Waals surface area contributed by atoms with E-state index in [0.29, 0.717) is 42.6 Å². The molecule has 2 aliphatic rings. The van der Waals surface area contributed by atoms with E-state index in [0.717, 1.165) is 35.7 Å². The van der Waals surface area contributed by atoms with Crippen LogP contribution in [0.5, 0.6) is 5.75 Å². The molecule has 0 bridgehead atoms. The van der Waals surface area contributed by atoms with E-state index >= 15 is 0 Å². The fourth-order valence-electron chi connectivity index (χ4n) is 8.55. The largest absolute Gasteiger partial charge is 0.508 e. The third-order valence-corrected chi connectivity index (χ3v) is 15.7. The molecular formula is C49H68N8O11S3. The van der Waals surface area contributed by atoms with Crippen molar-refractivity contribution in [1.29, 1.82) is 0 Å². The van der Waals surface area contributed by atoms with Gasteiger partial charge >= 0.3 is 18.0 Å². The van der Waals surface area contributed by atoms with Crippen molar-refractivity contribution in [3.05, 3.63) is 69.8 Å². The standard InChI is InChI=1S/C49H68N8O11S3/c1-8-14-42(60)67-28-57(48(64)43(30(5)9-2)53-46(63)38-15-11-13-20-56(38)7)39(29(3)4)26-40(68-31(6)58)47-52-37(27-69-47)45(62)51-33-23-32-17-18-34(59)25-35(32)36(24-33)44(61)54-55-49(65)66-21-22-70-71-41-16-10-12-19-50-41/h10,12,16-19,25,27,29-30,33,36,38-40,43,59H,8-9,11,13-15,20-24,26,28H2,1-7H3,(H,51,62)(H,53,63)(H,54,61)(H,55,65). The normalized spacial score (nSPS) is 18.4. The predicted octanol–water partition coefficient (Wildman–Crippen LogP) is 6.43. The second-order valence-electron chi connectivity index (χ2n) is 18.2. The number of carbonyl (C=O) groups is 7. The lowest BCUT2D eigenvalue weighted by Gasteiger charge is -2.39. The minimum atomic E-state index is -1.04. The van der Waals surface area contributed by atoms with Gasteiger partial charge in [0.25, 0.3) is 5.91 Å². The first-order valence-corrected chi connectivity index (χ1v) is 27.3. The molecule has 388 valence electrons. The van der Waals surface area contributed by atoms with E-state index in [2.05, 4.69) is 31.5 Å². The van der Waals surface area contributed by atoms with Gasteiger partial charge in [-0.3, -0.25) is 39.1 Å². The number of carbonyl (C=O) groups excluding carboxylic acids is 7. The van der Waals surface area contributed by atoms with E-state index in [1.165, 1.54) is 50.9 Å². The van der Waals surface area contributed by atoms with Crippen LogP contribution in [0.3, 0.4) is 0 Å². The summed E-state index contributed by atoms with van der Waals surface area (Å²) in [5, 5.41) is 19.0. The minimum Gasteiger partial charge on any atom is -0.508 e. The molecule has 0 spiro atoms. The van der Waals surface area contributed by atoms with Gasteiger partial charge in [0.15, 0.2) is 12.8 Å². The summed E-state index contributed by atoms with van der Waals surface area (Å²) in [6.07, 6.45) is 4.02. The van der Waals surface area contributed by atoms with Crippen LogP contribution in [0.25, 0.3) is 0 Å². The molecule has 22 heteroatoms. The number of piperidine rings is 1. The van der Waals surface area contributed by atoms with Gasteiger partial charge in [-0.05, 0) is 104 Å². The molecule has 7 unspecified atom stereocenters. The summed E-state index contributed by atoms with van der Waals surface area (Å²) in [5.74, 6) is -3.98. The third-order valence-electron chi connectivity index (χ3n) is 12.5. The fourth-order valence-corrected chi connectivity index (χ4v) is 11.1. The Morgan fingerprint density at radius 3 is 2.49 bits per heavy atom. The van der Waals surface area contributed by atoms with Gasteiger partial charge in [0.05, 0.1) is 12.0 Å². The highest BCUT2D eigenvalue weighted by Gasteiger charge is 2.40. The number of pyridine rings is 1. The smallest absolute Gasteiger partial charge is 0.426 e. The number of likely N-dealkylation sites (N-methyl/N-ethyl adjacent to an activating group) is 1. The Hall–Kier alpha value is -5.45. The summed E-state index contributed by atoms with van der Waals surface area (Å²) in [4.78, 5) is 106. The Bertz CT molecular complexity index is 2290. The first-order chi connectivity index (χ1) is 34.0. The number of aromatic nitrogens is 2. The monoisotopic (exact) mass is 1040 g/mol. The van der Waals surface area contributed by atoms with Crippen LogP contribution in [0.1, 0.15) is 132 Å². The topological polar surface area (TPSA) is 248 Å². The lowest BCUT2D eigenvalue weighted by molar-refractivity contribution is -0.160. The number of hydrogen-bond acceptors (Lipinski definition) is 17. The summed E-state index contributed by atoms with van der Waals surface area (Å²) in [6.45, 7) is 11.1. The number of amides is 5. The zero-order valence-corrected chi connectivity index (χ0v) is 43.9. The van der Waals surface area contributed by atoms with Crippen molar-refractivity contribution >= 4 is 74.6 Å². The molecule has 5 amide bonds. The summed E-state index contributed by atoms with van der Waals surface area (Å²) in [7, 11) is 4.79. The maximum Gasteiger partial charge on any atom is 0.426 e. The Kier molecular flexibility index (Phi) is 22.2. The molecule has 2 aromatic heterocycles. The van der Waals surface area contributed by atoms with Gasteiger partial charge in [-0.25, -0.2) is 20.2 Å². The maximum absolute atomic E-state index is 14.9. The first-order valence-electron chi connectivity index (χ1n) is 24.1. The average Bonchev–Trinajstić information content (AvgIpc) is 3.85. The lowest BCUT2D eigenvalue weighted by Crippen LogP contribution is -2.59. The maximum atomic E-state index is 14.9. The van der Waals surface area contributed by atoms with Crippen LogP contribution < -0.4 is 21.5 Å². The zero-order chi connectivity index (χ0) is 51.6. The summed E-state index contributed by atoms with van der Waals surface area (Å²) in [5.41, 5.74) is 5.95.